The molecule has 3 N–H and O–H groups in total. The lowest BCUT2D eigenvalue weighted by molar-refractivity contribution is 0.114. The van der Waals surface area contributed by atoms with Crippen molar-refractivity contribution in [3.63, 3.8) is 0 Å². The van der Waals surface area contributed by atoms with E-state index < -0.39 is 10.0 Å². The van der Waals surface area contributed by atoms with E-state index in [9.17, 15) is 8.42 Å². The second kappa shape index (κ2) is 5.44. The molecule has 1 atom stereocenters. The zero-order valence-corrected chi connectivity index (χ0v) is 11.3. The molecule has 0 amide bonds. The van der Waals surface area contributed by atoms with Crippen molar-refractivity contribution in [1.29, 1.82) is 0 Å². The maximum atomic E-state index is 12.0. The minimum atomic E-state index is -3.61. The lowest BCUT2D eigenvalue weighted by Crippen LogP contribution is -2.32. The van der Waals surface area contributed by atoms with Gasteiger partial charge in [0, 0.05) is 18.8 Å². The first kappa shape index (κ1) is 13.6. The minimum Gasteiger partial charge on any atom is -0.399 e. The lowest BCUT2D eigenvalue weighted by Gasteiger charge is -2.12. The molecule has 18 heavy (non-hydrogen) atoms. The van der Waals surface area contributed by atoms with Crippen LogP contribution in [0.5, 0.6) is 0 Å². The van der Waals surface area contributed by atoms with Gasteiger partial charge in [0.15, 0.2) is 0 Å². The van der Waals surface area contributed by atoms with Gasteiger partial charge in [-0.05, 0) is 31.0 Å². The average molecular weight is 291 g/mol. The fourth-order valence-corrected chi connectivity index (χ4v) is 3.44. The molecule has 5 nitrogen and oxygen atoms in total. The van der Waals surface area contributed by atoms with Crippen molar-refractivity contribution in [3.8, 4) is 0 Å². The van der Waals surface area contributed by atoms with Crippen LogP contribution in [0.2, 0.25) is 5.02 Å². The van der Waals surface area contributed by atoms with E-state index in [4.69, 9.17) is 22.1 Å². The Balaban J connectivity index is 2.09. The first-order valence-electron chi connectivity index (χ1n) is 5.65. The molecule has 0 spiro atoms. The van der Waals surface area contributed by atoms with Crippen LogP contribution < -0.4 is 10.5 Å². The highest BCUT2D eigenvalue weighted by Gasteiger charge is 2.21. The highest BCUT2D eigenvalue weighted by Crippen LogP contribution is 2.23. The number of nitrogen functional groups attached to an aromatic ring is 1. The SMILES string of the molecule is Nc1ccc(S(=O)(=O)NCC2CCCO2)c(Cl)c1. The van der Waals surface area contributed by atoms with E-state index in [1.54, 1.807) is 0 Å². The maximum absolute atomic E-state index is 12.0. The van der Waals surface area contributed by atoms with Crippen LogP contribution in [0, 0.1) is 0 Å². The summed E-state index contributed by atoms with van der Waals surface area (Å²) in [6, 6.07) is 4.32. The predicted molar refractivity (Wildman–Crippen MR) is 70.0 cm³/mol. The van der Waals surface area contributed by atoms with Crippen LogP contribution in [-0.2, 0) is 14.8 Å². The summed E-state index contributed by atoms with van der Waals surface area (Å²) in [5.41, 5.74) is 5.95. The molecule has 1 aromatic rings. The van der Waals surface area contributed by atoms with E-state index >= 15 is 0 Å². The van der Waals surface area contributed by atoms with Crippen molar-refractivity contribution in [1.82, 2.24) is 4.72 Å². The summed E-state index contributed by atoms with van der Waals surface area (Å²) < 4.78 is 31.9. The molecule has 0 aromatic heterocycles. The van der Waals surface area contributed by atoms with Gasteiger partial charge < -0.3 is 10.5 Å². The van der Waals surface area contributed by atoms with Crippen molar-refractivity contribution >= 4 is 27.3 Å². The third kappa shape index (κ3) is 3.14. The summed E-state index contributed by atoms with van der Waals surface area (Å²) in [6.07, 6.45) is 1.79. The summed E-state index contributed by atoms with van der Waals surface area (Å²) in [5.74, 6) is 0. The van der Waals surface area contributed by atoms with Gasteiger partial charge in [-0.15, -0.1) is 0 Å². The number of sulfonamides is 1. The van der Waals surface area contributed by atoms with Crippen LogP contribution in [0.1, 0.15) is 12.8 Å². The number of nitrogens with two attached hydrogens (primary N) is 1. The molecule has 0 aliphatic carbocycles. The Hall–Kier alpha value is -0.820. The third-order valence-electron chi connectivity index (χ3n) is 2.77. The van der Waals surface area contributed by atoms with Crippen molar-refractivity contribution in [3.05, 3.63) is 23.2 Å². The quantitative estimate of drug-likeness (QED) is 0.821. The van der Waals surface area contributed by atoms with E-state index in [0.29, 0.717) is 12.3 Å². The molecule has 1 unspecified atom stereocenters. The molecule has 1 aliphatic rings. The van der Waals surface area contributed by atoms with E-state index in [2.05, 4.69) is 4.72 Å². The van der Waals surface area contributed by atoms with Gasteiger partial charge in [-0.1, -0.05) is 11.6 Å². The Morgan fingerprint density at radius 1 is 1.50 bits per heavy atom. The monoisotopic (exact) mass is 290 g/mol. The molecular weight excluding hydrogens is 276 g/mol. The zero-order valence-electron chi connectivity index (χ0n) is 9.73. The number of anilines is 1. The molecule has 1 fully saturated rings. The molecule has 1 aromatic carbocycles. The Labute approximate surface area is 111 Å². The molecule has 100 valence electrons. The van der Waals surface area contributed by atoms with Crippen LogP contribution in [-0.4, -0.2) is 27.7 Å². The number of nitrogens with one attached hydrogen (secondary N) is 1. The lowest BCUT2D eigenvalue weighted by atomic mass is 10.2. The molecule has 1 aliphatic heterocycles. The summed E-state index contributed by atoms with van der Waals surface area (Å²) in [4.78, 5) is 0.0383. The van der Waals surface area contributed by atoms with Gasteiger partial charge >= 0.3 is 0 Å². The van der Waals surface area contributed by atoms with Gasteiger partial charge in [0.1, 0.15) is 4.90 Å². The Morgan fingerprint density at radius 2 is 2.28 bits per heavy atom. The van der Waals surface area contributed by atoms with Crippen molar-refractivity contribution in [2.45, 2.75) is 23.8 Å². The van der Waals surface area contributed by atoms with Gasteiger partial charge in [0.25, 0.3) is 0 Å². The molecule has 0 bridgehead atoms. The van der Waals surface area contributed by atoms with Gasteiger partial charge in [-0.25, -0.2) is 13.1 Å². The molecule has 2 rings (SSSR count). The van der Waals surface area contributed by atoms with E-state index in [-0.39, 0.29) is 22.6 Å². The molecular formula is C11H15ClN2O3S. The Kier molecular flexibility index (Phi) is 4.11. The molecule has 7 heteroatoms. The first-order chi connectivity index (χ1) is 8.49. The number of halogens is 1. The van der Waals surface area contributed by atoms with Crippen LogP contribution in [0.25, 0.3) is 0 Å². The number of rotatable bonds is 4. The van der Waals surface area contributed by atoms with Crippen molar-refractivity contribution in [2.24, 2.45) is 0 Å². The first-order valence-corrected chi connectivity index (χ1v) is 7.51. The standard InChI is InChI=1S/C11H15ClN2O3S/c12-10-6-8(13)3-4-11(10)18(15,16)14-7-9-2-1-5-17-9/h3-4,6,9,14H,1-2,5,7,13H2. The van der Waals surface area contributed by atoms with Crippen molar-refractivity contribution in [2.75, 3.05) is 18.9 Å². The predicted octanol–water partition coefficient (Wildman–Crippen LogP) is 1.38. The van der Waals surface area contributed by atoms with Crippen molar-refractivity contribution < 1.29 is 13.2 Å². The van der Waals surface area contributed by atoms with Crippen LogP contribution in [0.4, 0.5) is 5.69 Å². The summed E-state index contributed by atoms with van der Waals surface area (Å²) in [7, 11) is -3.61. The second-order valence-electron chi connectivity index (χ2n) is 4.18. The third-order valence-corrected chi connectivity index (χ3v) is 4.68. The average Bonchev–Trinajstić information content (AvgIpc) is 2.78. The van der Waals surface area contributed by atoms with E-state index in [1.807, 2.05) is 0 Å². The van der Waals surface area contributed by atoms with Gasteiger partial charge in [0.2, 0.25) is 10.0 Å². The van der Waals surface area contributed by atoms with Gasteiger partial charge in [-0.2, -0.15) is 0 Å². The summed E-state index contributed by atoms with van der Waals surface area (Å²) >= 11 is 5.88. The Bertz CT molecular complexity index is 527. The largest absolute Gasteiger partial charge is 0.399 e. The fourth-order valence-electron chi connectivity index (χ4n) is 1.82. The van der Waals surface area contributed by atoms with Gasteiger partial charge in [0.05, 0.1) is 11.1 Å². The van der Waals surface area contributed by atoms with Crippen LogP contribution >= 0.6 is 11.6 Å². The van der Waals surface area contributed by atoms with E-state index in [1.165, 1.54) is 18.2 Å². The highest BCUT2D eigenvalue weighted by molar-refractivity contribution is 7.89. The summed E-state index contributed by atoms with van der Waals surface area (Å²) in [5, 5.41) is 0.120. The molecule has 1 saturated heterocycles. The van der Waals surface area contributed by atoms with Crippen LogP contribution in [0.3, 0.4) is 0 Å². The fraction of sp³-hybridized carbons (Fsp3) is 0.455. The van der Waals surface area contributed by atoms with Gasteiger partial charge in [-0.3, -0.25) is 0 Å². The number of hydrogen-bond donors (Lipinski definition) is 2. The smallest absolute Gasteiger partial charge is 0.242 e. The Morgan fingerprint density at radius 3 is 2.89 bits per heavy atom. The van der Waals surface area contributed by atoms with Crippen LogP contribution in [0.15, 0.2) is 23.1 Å². The molecule has 0 saturated carbocycles. The highest BCUT2D eigenvalue weighted by atomic mass is 35.5. The number of benzene rings is 1. The zero-order chi connectivity index (χ0) is 13.2. The van der Waals surface area contributed by atoms with E-state index in [0.717, 1.165) is 12.8 Å². The maximum Gasteiger partial charge on any atom is 0.242 e. The molecule has 1 heterocycles. The minimum absolute atomic E-state index is 0.0383. The molecule has 0 radical (unpaired) electrons. The number of ether oxygens (including phenoxy) is 1. The normalized spacial score (nSPS) is 20.2. The second-order valence-corrected chi connectivity index (χ2v) is 6.32. The number of hydrogen-bond acceptors (Lipinski definition) is 4. The summed E-state index contributed by atoms with van der Waals surface area (Å²) in [6.45, 7) is 0.956. The topological polar surface area (TPSA) is 81.4 Å².